The first-order valence-corrected chi connectivity index (χ1v) is 7.50. The zero-order valence-corrected chi connectivity index (χ0v) is 12.7. The van der Waals surface area contributed by atoms with E-state index in [2.05, 4.69) is 0 Å². The zero-order chi connectivity index (χ0) is 17.2. The van der Waals surface area contributed by atoms with Gasteiger partial charge in [0.15, 0.2) is 0 Å². The van der Waals surface area contributed by atoms with E-state index in [1.54, 1.807) is 25.1 Å². The lowest BCUT2D eigenvalue weighted by Gasteiger charge is -2.26. The Bertz CT molecular complexity index is 819. The van der Waals surface area contributed by atoms with Crippen molar-refractivity contribution in [2.45, 2.75) is 18.6 Å². The van der Waals surface area contributed by atoms with Gasteiger partial charge in [-0.25, -0.2) is 4.90 Å². The summed E-state index contributed by atoms with van der Waals surface area (Å²) in [5, 5.41) is 21.0. The van der Waals surface area contributed by atoms with Gasteiger partial charge in [-0.2, -0.15) is 0 Å². The Morgan fingerprint density at radius 2 is 2.12 bits per heavy atom. The van der Waals surface area contributed by atoms with E-state index in [-0.39, 0.29) is 11.4 Å². The van der Waals surface area contributed by atoms with Crippen LogP contribution in [0.3, 0.4) is 0 Å². The maximum atomic E-state index is 12.9. The number of carbonyl (C=O) groups excluding carboxylic acids is 2. The fraction of sp³-hybridized carbons (Fsp3) is 0.375. The number of aliphatic hydroxyl groups excluding tert-OH is 1. The van der Waals surface area contributed by atoms with Crippen LogP contribution < -0.4 is 4.90 Å². The summed E-state index contributed by atoms with van der Waals surface area (Å²) < 4.78 is 5.63. The average Bonchev–Trinajstić information content (AvgIpc) is 3.19. The van der Waals surface area contributed by atoms with Crippen LogP contribution in [0.25, 0.3) is 0 Å². The van der Waals surface area contributed by atoms with Gasteiger partial charge in [-0.15, -0.1) is 0 Å². The van der Waals surface area contributed by atoms with Crippen molar-refractivity contribution in [1.82, 2.24) is 0 Å². The molecule has 4 atom stereocenters. The number of aryl methyl sites for hydroxylation is 1. The number of hydrogen-bond acceptors (Lipinski definition) is 6. The number of nitro benzene ring substituents is 1. The second-order valence-electron chi connectivity index (χ2n) is 6.32. The fourth-order valence-corrected chi connectivity index (χ4v) is 3.89. The lowest BCUT2D eigenvalue weighted by molar-refractivity contribution is -0.384. The smallest absolute Gasteiger partial charge is 0.293 e. The molecule has 0 saturated carbocycles. The predicted octanol–water partition coefficient (Wildman–Crippen LogP) is 0.709. The van der Waals surface area contributed by atoms with Crippen molar-refractivity contribution in [3.63, 3.8) is 0 Å². The van der Waals surface area contributed by atoms with Crippen molar-refractivity contribution in [1.29, 1.82) is 0 Å². The van der Waals surface area contributed by atoms with E-state index in [9.17, 15) is 24.8 Å². The number of aliphatic hydroxyl groups is 1. The van der Waals surface area contributed by atoms with E-state index >= 15 is 0 Å². The minimum absolute atomic E-state index is 0.0394. The summed E-state index contributed by atoms with van der Waals surface area (Å²) in [4.78, 5) is 37.3. The second-order valence-corrected chi connectivity index (χ2v) is 6.32. The summed E-state index contributed by atoms with van der Waals surface area (Å²) in [5.74, 6) is -2.71. The Labute approximate surface area is 136 Å². The molecule has 8 nitrogen and oxygen atoms in total. The quantitative estimate of drug-likeness (QED) is 0.378. The minimum atomic E-state index is -1.21. The first kappa shape index (κ1) is 15.0. The molecule has 0 aliphatic carbocycles. The Kier molecular flexibility index (Phi) is 2.94. The van der Waals surface area contributed by atoms with Crippen LogP contribution in [-0.4, -0.2) is 40.2 Å². The molecule has 0 radical (unpaired) electrons. The Morgan fingerprint density at radius 3 is 2.79 bits per heavy atom. The number of nitrogens with zero attached hydrogens (tertiary/aromatic N) is 2. The van der Waals surface area contributed by atoms with E-state index in [1.807, 2.05) is 0 Å². The molecule has 124 valence electrons. The van der Waals surface area contributed by atoms with Gasteiger partial charge in [0.1, 0.15) is 11.3 Å². The number of rotatable bonds is 3. The molecule has 2 fully saturated rings. The van der Waals surface area contributed by atoms with Crippen LogP contribution in [0.5, 0.6) is 0 Å². The highest BCUT2D eigenvalue weighted by Gasteiger charge is 2.68. The SMILES string of the molecule is Cc1ccc(N2C(=O)[C@H]3[C@@H]4C=C[C@@](CO)(O4)[C@H]3C2=O)c([N+](=O)[O-])c1. The van der Waals surface area contributed by atoms with E-state index in [4.69, 9.17) is 4.74 Å². The fourth-order valence-electron chi connectivity index (χ4n) is 3.89. The van der Waals surface area contributed by atoms with Gasteiger partial charge >= 0.3 is 0 Å². The van der Waals surface area contributed by atoms with Crippen LogP contribution in [0, 0.1) is 28.9 Å². The van der Waals surface area contributed by atoms with Crippen molar-refractivity contribution in [2.24, 2.45) is 11.8 Å². The molecule has 3 aliphatic heterocycles. The molecule has 3 aliphatic rings. The largest absolute Gasteiger partial charge is 0.393 e. The lowest BCUT2D eigenvalue weighted by Crippen LogP contribution is -2.43. The van der Waals surface area contributed by atoms with Gasteiger partial charge in [-0.3, -0.25) is 19.7 Å². The Hall–Kier alpha value is -2.58. The Balaban J connectivity index is 1.82. The number of benzene rings is 1. The van der Waals surface area contributed by atoms with Gasteiger partial charge in [-0.05, 0) is 18.6 Å². The van der Waals surface area contributed by atoms with Crippen LogP contribution in [-0.2, 0) is 14.3 Å². The number of nitro groups is 1. The summed E-state index contributed by atoms with van der Waals surface area (Å²) >= 11 is 0. The summed E-state index contributed by atoms with van der Waals surface area (Å²) in [6, 6.07) is 4.35. The first-order chi connectivity index (χ1) is 11.4. The highest BCUT2D eigenvalue weighted by atomic mass is 16.6. The van der Waals surface area contributed by atoms with E-state index in [0.717, 1.165) is 4.90 Å². The standard InChI is InChI=1S/C16H14N2O6/c1-8-2-3-9(10(6-8)18(22)23)17-14(20)12-11-4-5-16(7-19,24-11)13(12)15(17)21/h2-6,11-13,19H,7H2,1H3/t11-,12-,13+,16-/m0/s1. The molecule has 0 aromatic heterocycles. The molecule has 8 heteroatoms. The van der Waals surface area contributed by atoms with E-state index in [1.165, 1.54) is 12.1 Å². The van der Waals surface area contributed by atoms with Gasteiger partial charge in [-0.1, -0.05) is 18.2 Å². The zero-order valence-electron chi connectivity index (χ0n) is 12.7. The molecule has 4 rings (SSSR count). The van der Waals surface area contributed by atoms with Crippen LogP contribution in [0.2, 0.25) is 0 Å². The lowest BCUT2D eigenvalue weighted by atomic mass is 9.77. The van der Waals surface area contributed by atoms with Gasteiger partial charge < -0.3 is 9.84 Å². The van der Waals surface area contributed by atoms with Gasteiger partial charge in [0.2, 0.25) is 11.8 Å². The van der Waals surface area contributed by atoms with E-state index < -0.39 is 46.9 Å². The molecule has 0 unspecified atom stereocenters. The normalized spacial score (nSPS) is 33.4. The number of anilines is 1. The summed E-state index contributed by atoms with van der Waals surface area (Å²) in [7, 11) is 0. The number of imide groups is 1. The maximum Gasteiger partial charge on any atom is 0.293 e. The van der Waals surface area contributed by atoms with Gasteiger partial charge in [0, 0.05) is 6.07 Å². The number of ether oxygens (including phenoxy) is 1. The molecule has 2 saturated heterocycles. The van der Waals surface area contributed by atoms with Crippen molar-refractivity contribution in [2.75, 3.05) is 11.5 Å². The van der Waals surface area contributed by atoms with Gasteiger partial charge in [0.05, 0.1) is 29.5 Å². The second kappa shape index (κ2) is 4.71. The Morgan fingerprint density at radius 1 is 1.38 bits per heavy atom. The summed E-state index contributed by atoms with van der Waals surface area (Å²) in [6.45, 7) is 1.27. The number of carbonyl (C=O) groups is 2. The average molecular weight is 330 g/mol. The van der Waals surface area contributed by atoms with Crippen molar-refractivity contribution in [3.05, 3.63) is 46.0 Å². The third-order valence-corrected chi connectivity index (χ3v) is 4.97. The molecule has 0 spiro atoms. The molecule has 2 bridgehead atoms. The molecule has 3 heterocycles. The number of amides is 2. The molecular weight excluding hydrogens is 316 g/mol. The number of hydrogen-bond donors (Lipinski definition) is 1. The van der Waals surface area contributed by atoms with Gasteiger partial charge in [0.25, 0.3) is 5.69 Å². The topological polar surface area (TPSA) is 110 Å². The van der Waals surface area contributed by atoms with Crippen LogP contribution in [0.1, 0.15) is 5.56 Å². The third kappa shape index (κ3) is 1.69. The highest BCUT2D eigenvalue weighted by molar-refractivity contribution is 6.24. The first-order valence-electron chi connectivity index (χ1n) is 7.50. The van der Waals surface area contributed by atoms with Crippen molar-refractivity contribution < 1.29 is 24.4 Å². The van der Waals surface area contributed by atoms with Crippen LogP contribution in [0.4, 0.5) is 11.4 Å². The molecular formula is C16H14N2O6. The maximum absolute atomic E-state index is 12.9. The minimum Gasteiger partial charge on any atom is -0.393 e. The monoisotopic (exact) mass is 330 g/mol. The predicted molar refractivity (Wildman–Crippen MR) is 81.1 cm³/mol. The number of fused-ring (bicyclic) bond motifs is 5. The van der Waals surface area contributed by atoms with Crippen LogP contribution >= 0.6 is 0 Å². The highest BCUT2D eigenvalue weighted by Crippen LogP contribution is 2.53. The summed E-state index contributed by atoms with van der Waals surface area (Å²) in [6.07, 6.45) is 2.68. The molecule has 1 N–H and O–H groups in total. The molecule has 1 aromatic rings. The van der Waals surface area contributed by atoms with E-state index in [0.29, 0.717) is 5.56 Å². The van der Waals surface area contributed by atoms with Crippen molar-refractivity contribution >= 4 is 23.2 Å². The third-order valence-electron chi connectivity index (χ3n) is 4.97. The van der Waals surface area contributed by atoms with Crippen LogP contribution in [0.15, 0.2) is 30.4 Å². The summed E-state index contributed by atoms with van der Waals surface area (Å²) in [5.41, 5.74) is -0.892. The molecule has 2 amide bonds. The molecule has 1 aromatic carbocycles. The molecule has 24 heavy (non-hydrogen) atoms. The van der Waals surface area contributed by atoms with Crippen molar-refractivity contribution in [3.8, 4) is 0 Å².